The molecule has 0 atom stereocenters. The van der Waals surface area contributed by atoms with Gasteiger partial charge in [0.2, 0.25) is 0 Å². The number of hydrogen-bond acceptors (Lipinski definition) is 4. The first-order valence-electron chi connectivity index (χ1n) is 6.37. The molecule has 3 rings (SSSR count). The molecule has 3 aromatic rings. The van der Waals surface area contributed by atoms with Gasteiger partial charge in [0, 0.05) is 11.2 Å². The smallest absolute Gasteiger partial charge is 0.178 e. The van der Waals surface area contributed by atoms with Crippen LogP contribution in [0.1, 0.15) is 18.3 Å². The molecule has 21 heavy (non-hydrogen) atoms. The summed E-state index contributed by atoms with van der Waals surface area (Å²) in [7, 11) is 0. The van der Waals surface area contributed by atoms with Crippen molar-refractivity contribution in [2.45, 2.75) is 6.92 Å². The highest BCUT2D eigenvalue weighted by Gasteiger charge is 2.05. The minimum absolute atomic E-state index is 0.664. The average molecular weight is 298 g/mol. The van der Waals surface area contributed by atoms with Crippen molar-refractivity contribution in [1.29, 1.82) is 0 Å². The predicted octanol–water partition coefficient (Wildman–Crippen LogP) is 3.45. The van der Waals surface area contributed by atoms with E-state index in [0.29, 0.717) is 22.2 Å². The number of halogens is 1. The van der Waals surface area contributed by atoms with Gasteiger partial charge < -0.3 is 4.98 Å². The summed E-state index contributed by atoms with van der Waals surface area (Å²) in [6, 6.07) is 11.1. The molecule has 6 heteroatoms. The van der Waals surface area contributed by atoms with E-state index >= 15 is 0 Å². The van der Waals surface area contributed by atoms with Gasteiger partial charge in [0.25, 0.3) is 0 Å². The molecule has 0 saturated carbocycles. The molecule has 2 aromatic heterocycles. The number of imidazole rings is 1. The molecule has 1 N–H and O–H groups in total. The van der Waals surface area contributed by atoms with E-state index in [1.54, 1.807) is 12.4 Å². The van der Waals surface area contributed by atoms with Crippen molar-refractivity contribution in [2.75, 3.05) is 0 Å². The van der Waals surface area contributed by atoms with Crippen LogP contribution >= 0.6 is 11.6 Å². The summed E-state index contributed by atoms with van der Waals surface area (Å²) in [5.74, 6) is 0.664. The topological polar surface area (TPSA) is 66.3 Å². The maximum absolute atomic E-state index is 5.82. The van der Waals surface area contributed by atoms with Gasteiger partial charge in [0.15, 0.2) is 11.5 Å². The summed E-state index contributed by atoms with van der Waals surface area (Å²) in [6.07, 6.45) is 3.37. The van der Waals surface area contributed by atoms with Crippen molar-refractivity contribution >= 4 is 34.7 Å². The second-order valence-electron chi connectivity index (χ2n) is 4.44. The Morgan fingerprint density at radius 1 is 1.24 bits per heavy atom. The molecule has 5 nitrogen and oxygen atoms in total. The number of aromatic amines is 1. The van der Waals surface area contributed by atoms with E-state index < -0.39 is 0 Å². The third kappa shape index (κ3) is 3.14. The number of rotatable bonds is 3. The standard InChI is InChI=1S/C15H12ClN5/c1-10(14-19-13-3-2-8-17-15(13)20-14)21-18-9-11-4-6-12(16)7-5-11/h2-9H,1H3,(H,17,19,20)/b18-9+,21-10-. The maximum atomic E-state index is 5.82. The molecule has 0 radical (unpaired) electrons. The SMILES string of the molecule is C/C(=N/N=C/c1ccc(Cl)cc1)c1nc2ncccc2[nH]1. The van der Waals surface area contributed by atoms with Crippen LogP contribution < -0.4 is 0 Å². The van der Waals surface area contributed by atoms with Crippen molar-refractivity contribution in [3.63, 3.8) is 0 Å². The van der Waals surface area contributed by atoms with Crippen molar-refractivity contribution in [3.05, 3.63) is 59.0 Å². The van der Waals surface area contributed by atoms with Gasteiger partial charge >= 0.3 is 0 Å². The lowest BCUT2D eigenvalue weighted by molar-refractivity contribution is 1.19. The van der Waals surface area contributed by atoms with Crippen molar-refractivity contribution in [1.82, 2.24) is 15.0 Å². The lowest BCUT2D eigenvalue weighted by Gasteiger charge is -1.92. The lowest BCUT2D eigenvalue weighted by atomic mass is 10.2. The zero-order valence-electron chi connectivity index (χ0n) is 11.3. The Bertz CT molecular complexity index is 784. The summed E-state index contributed by atoms with van der Waals surface area (Å²) in [4.78, 5) is 11.7. The van der Waals surface area contributed by atoms with Crippen LogP contribution in [0.2, 0.25) is 5.02 Å². The number of pyridine rings is 1. The van der Waals surface area contributed by atoms with E-state index in [2.05, 4.69) is 25.2 Å². The highest BCUT2D eigenvalue weighted by atomic mass is 35.5. The molecule has 0 unspecified atom stereocenters. The van der Waals surface area contributed by atoms with E-state index in [0.717, 1.165) is 11.1 Å². The second-order valence-corrected chi connectivity index (χ2v) is 4.88. The summed E-state index contributed by atoms with van der Waals surface area (Å²) in [5.41, 5.74) is 3.17. The minimum atomic E-state index is 0.664. The largest absolute Gasteiger partial charge is 0.336 e. The van der Waals surface area contributed by atoms with E-state index in [9.17, 15) is 0 Å². The fourth-order valence-corrected chi connectivity index (χ4v) is 1.92. The number of aromatic nitrogens is 3. The molecule has 0 aliphatic carbocycles. The molecule has 0 saturated heterocycles. The molecule has 0 bridgehead atoms. The van der Waals surface area contributed by atoms with Crippen LogP contribution in [0.15, 0.2) is 52.8 Å². The molecule has 2 heterocycles. The first kappa shape index (κ1) is 13.5. The molecule has 1 aromatic carbocycles. The molecule has 0 aliphatic heterocycles. The van der Waals surface area contributed by atoms with Crippen LogP contribution in [-0.4, -0.2) is 26.9 Å². The summed E-state index contributed by atoms with van der Waals surface area (Å²) >= 11 is 5.82. The van der Waals surface area contributed by atoms with Gasteiger partial charge in [0.05, 0.1) is 11.7 Å². The van der Waals surface area contributed by atoms with Gasteiger partial charge in [-0.15, -0.1) is 0 Å². The monoisotopic (exact) mass is 297 g/mol. The quantitative estimate of drug-likeness (QED) is 0.594. The molecule has 104 valence electrons. The van der Waals surface area contributed by atoms with Crippen molar-refractivity contribution in [3.8, 4) is 0 Å². The first-order chi connectivity index (χ1) is 10.2. The van der Waals surface area contributed by atoms with E-state index in [1.807, 2.05) is 43.3 Å². The van der Waals surface area contributed by atoms with Gasteiger partial charge in [-0.1, -0.05) is 23.7 Å². The lowest BCUT2D eigenvalue weighted by Crippen LogP contribution is -1.96. The number of hydrogen-bond donors (Lipinski definition) is 1. The van der Waals surface area contributed by atoms with Crippen molar-refractivity contribution < 1.29 is 0 Å². The first-order valence-corrected chi connectivity index (χ1v) is 6.74. The Morgan fingerprint density at radius 3 is 2.81 bits per heavy atom. The van der Waals surface area contributed by atoms with Crippen LogP contribution in [0, 0.1) is 0 Å². The van der Waals surface area contributed by atoms with Crippen LogP contribution in [-0.2, 0) is 0 Å². The van der Waals surface area contributed by atoms with E-state index in [4.69, 9.17) is 11.6 Å². The molecule has 0 spiro atoms. The third-order valence-electron chi connectivity index (χ3n) is 2.88. The maximum Gasteiger partial charge on any atom is 0.178 e. The molecular weight excluding hydrogens is 286 g/mol. The third-order valence-corrected chi connectivity index (χ3v) is 3.14. The summed E-state index contributed by atoms with van der Waals surface area (Å²) < 4.78 is 0. The molecule has 0 aliphatic rings. The number of H-pyrrole nitrogens is 1. The number of benzene rings is 1. The second kappa shape index (κ2) is 5.85. The van der Waals surface area contributed by atoms with Gasteiger partial charge in [-0.25, -0.2) is 9.97 Å². The highest BCUT2D eigenvalue weighted by Crippen LogP contribution is 2.09. The molecule has 0 fully saturated rings. The summed E-state index contributed by atoms with van der Waals surface area (Å²) in [6.45, 7) is 1.84. The summed E-state index contributed by atoms with van der Waals surface area (Å²) in [5, 5.41) is 8.89. The zero-order valence-corrected chi connectivity index (χ0v) is 12.0. The number of fused-ring (bicyclic) bond motifs is 1. The Balaban J connectivity index is 1.80. The fourth-order valence-electron chi connectivity index (χ4n) is 1.79. The van der Waals surface area contributed by atoms with Crippen LogP contribution in [0.3, 0.4) is 0 Å². The number of nitrogens with one attached hydrogen (secondary N) is 1. The number of nitrogens with zero attached hydrogens (tertiary/aromatic N) is 4. The molecule has 0 amide bonds. The molecular formula is C15H12ClN5. The fraction of sp³-hybridized carbons (Fsp3) is 0.0667. The van der Waals surface area contributed by atoms with Gasteiger partial charge in [0.1, 0.15) is 5.71 Å². The normalized spacial score (nSPS) is 12.4. The van der Waals surface area contributed by atoms with Crippen LogP contribution in [0.5, 0.6) is 0 Å². The van der Waals surface area contributed by atoms with Crippen molar-refractivity contribution in [2.24, 2.45) is 10.2 Å². The Morgan fingerprint density at radius 2 is 2.05 bits per heavy atom. The van der Waals surface area contributed by atoms with Gasteiger partial charge in [-0.3, -0.25) is 0 Å². The van der Waals surface area contributed by atoms with E-state index in [-0.39, 0.29) is 0 Å². The predicted molar refractivity (Wildman–Crippen MR) is 85.1 cm³/mol. The Kier molecular flexibility index (Phi) is 3.75. The van der Waals surface area contributed by atoms with E-state index in [1.165, 1.54) is 0 Å². The van der Waals surface area contributed by atoms with Crippen LogP contribution in [0.4, 0.5) is 0 Å². The Labute approximate surface area is 126 Å². The minimum Gasteiger partial charge on any atom is -0.336 e. The highest BCUT2D eigenvalue weighted by molar-refractivity contribution is 6.30. The Hall–Kier alpha value is -2.53. The van der Waals surface area contributed by atoms with Gasteiger partial charge in [-0.05, 0) is 36.8 Å². The van der Waals surface area contributed by atoms with Crippen LogP contribution in [0.25, 0.3) is 11.2 Å². The zero-order chi connectivity index (χ0) is 14.7. The average Bonchev–Trinajstić information content (AvgIpc) is 2.93. The van der Waals surface area contributed by atoms with Gasteiger partial charge in [-0.2, -0.15) is 10.2 Å².